The van der Waals surface area contributed by atoms with Crippen LogP contribution in [0.3, 0.4) is 0 Å². The summed E-state index contributed by atoms with van der Waals surface area (Å²) in [7, 11) is 0. The fourth-order valence-corrected chi connectivity index (χ4v) is 3.18. The predicted molar refractivity (Wildman–Crippen MR) is 82.0 cm³/mol. The summed E-state index contributed by atoms with van der Waals surface area (Å²) in [6, 6.07) is 4.67. The molecule has 2 rings (SSSR count). The van der Waals surface area contributed by atoms with Crippen molar-refractivity contribution >= 4 is 22.9 Å². The highest BCUT2D eigenvalue weighted by atomic mass is 35.5. The minimum absolute atomic E-state index is 0.329. The molecule has 0 aliphatic carbocycles. The number of hydrogen-bond acceptors (Lipinski definition) is 3. The number of hydrogen-bond donors (Lipinski definition) is 1. The van der Waals surface area contributed by atoms with Gasteiger partial charge in [0.05, 0.1) is 16.4 Å². The normalized spacial score (nSPS) is 12.9. The van der Waals surface area contributed by atoms with E-state index >= 15 is 0 Å². The molecule has 5 heteroatoms. The van der Waals surface area contributed by atoms with Gasteiger partial charge in [-0.05, 0) is 39.8 Å². The summed E-state index contributed by atoms with van der Waals surface area (Å²) >= 11 is 8.14. The topological polar surface area (TPSA) is 29.9 Å². The third-order valence-corrected chi connectivity index (χ3v) is 4.89. The first-order valence-corrected chi connectivity index (χ1v) is 7.73. The van der Waals surface area contributed by atoms with Gasteiger partial charge in [-0.15, -0.1) is 11.3 Å². The Labute approximate surface area is 123 Å². The zero-order chi connectivity index (χ0) is 14.0. The molecule has 0 aliphatic rings. The molecule has 2 heterocycles. The Bertz CT molecular complexity index is 559. The number of nitrogens with zero attached hydrogens (tertiary/aromatic N) is 2. The van der Waals surface area contributed by atoms with Crippen LogP contribution in [-0.2, 0) is 13.1 Å². The van der Waals surface area contributed by atoms with E-state index in [-0.39, 0.29) is 0 Å². The van der Waals surface area contributed by atoms with Crippen LogP contribution in [0, 0.1) is 13.8 Å². The van der Waals surface area contributed by atoms with E-state index in [1.165, 1.54) is 9.75 Å². The Morgan fingerprint density at radius 1 is 1.42 bits per heavy atom. The largest absolute Gasteiger partial charge is 0.304 e. The van der Waals surface area contributed by atoms with Gasteiger partial charge in [-0.2, -0.15) is 5.10 Å². The molecular formula is C14H20ClN3S. The first-order chi connectivity index (χ1) is 9.02. The van der Waals surface area contributed by atoms with Crippen molar-refractivity contribution in [3.63, 3.8) is 0 Å². The lowest BCUT2D eigenvalue weighted by molar-refractivity contribution is 0.535. The highest BCUT2D eigenvalue weighted by molar-refractivity contribution is 7.12. The van der Waals surface area contributed by atoms with Crippen molar-refractivity contribution in [1.82, 2.24) is 15.1 Å². The minimum atomic E-state index is 0.329. The van der Waals surface area contributed by atoms with E-state index in [2.05, 4.69) is 43.3 Å². The number of thiophene rings is 1. The molecule has 0 fully saturated rings. The molecule has 0 aliphatic heterocycles. The molecule has 104 valence electrons. The monoisotopic (exact) mass is 297 g/mol. The van der Waals surface area contributed by atoms with Crippen LogP contribution in [0.1, 0.15) is 41.0 Å². The first-order valence-electron chi connectivity index (χ1n) is 6.54. The van der Waals surface area contributed by atoms with Crippen molar-refractivity contribution in [2.75, 3.05) is 0 Å². The van der Waals surface area contributed by atoms with Gasteiger partial charge in [0.1, 0.15) is 0 Å². The average molecular weight is 298 g/mol. The van der Waals surface area contributed by atoms with Crippen LogP contribution in [0.2, 0.25) is 5.02 Å². The number of halogens is 1. The predicted octanol–water partition coefficient (Wildman–Crippen LogP) is 4.09. The molecule has 0 aromatic carbocycles. The Hall–Kier alpha value is -0.840. The maximum atomic E-state index is 6.31. The van der Waals surface area contributed by atoms with Crippen LogP contribution in [-0.4, -0.2) is 9.78 Å². The maximum Gasteiger partial charge on any atom is 0.0860 e. The van der Waals surface area contributed by atoms with E-state index < -0.39 is 0 Å². The maximum absolute atomic E-state index is 6.31. The van der Waals surface area contributed by atoms with Crippen LogP contribution in [0.15, 0.2) is 12.1 Å². The van der Waals surface area contributed by atoms with Gasteiger partial charge in [-0.25, -0.2) is 0 Å². The van der Waals surface area contributed by atoms with Crippen molar-refractivity contribution in [1.29, 1.82) is 0 Å². The molecule has 0 radical (unpaired) electrons. The second-order valence-electron chi connectivity index (χ2n) is 4.71. The van der Waals surface area contributed by atoms with Crippen molar-refractivity contribution < 1.29 is 0 Å². The van der Waals surface area contributed by atoms with Crippen molar-refractivity contribution in [3.8, 4) is 0 Å². The van der Waals surface area contributed by atoms with E-state index in [0.717, 1.165) is 29.5 Å². The quantitative estimate of drug-likeness (QED) is 0.901. The number of aromatic nitrogens is 2. The van der Waals surface area contributed by atoms with Gasteiger partial charge in [0.2, 0.25) is 0 Å². The Morgan fingerprint density at radius 2 is 2.16 bits per heavy atom. The molecule has 1 atom stereocenters. The van der Waals surface area contributed by atoms with Gasteiger partial charge in [0.25, 0.3) is 0 Å². The molecule has 0 saturated heterocycles. The van der Waals surface area contributed by atoms with E-state index in [9.17, 15) is 0 Å². The average Bonchev–Trinajstić information content (AvgIpc) is 2.93. The summed E-state index contributed by atoms with van der Waals surface area (Å²) in [6.45, 7) is 9.93. The Morgan fingerprint density at radius 3 is 2.74 bits per heavy atom. The number of rotatable bonds is 5. The Balaban J connectivity index is 2.06. The third-order valence-electron chi connectivity index (χ3n) is 3.22. The van der Waals surface area contributed by atoms with Gasteiger partial charge < -0.3 is 5.32 Å². The fourth-order valence-electron chi connectivity index (χ4n) is 2.07. The lowest BCUT2D eigenvalue weighted by atomic mass is 10.2. The minimum Gasteiger partial charge on any atom is -0.304 e. The second kappa shape index (κ2) is 6.07. The van der Waals surface area contributed by atoms with Gasteiger partial charge in [-0.3, -0.25) is 4.68 Å². The molecule has 0 saturated carbocycles. The summed E-state index contributed by atoms with van der Waals surface area (Å²) in [5, 5.41) is 8.73. The summed E-state index contributed by atoms with van der Waals surface area (Å²) in [5.41, 5.74) is 1.97. The molecule has 0 bridgehead atoms. The Kier molecular flexibility index (Phi) is 4.66. The summed E-state index contributed by atoms with van der Waals surface area (Å²) in [6.07, 6.45) is 0. The van der Waals surface area contributed by atoms with Crippen LogP contribution >= 0.6 is 22.9 Å². The fraction of sp³-hybridized carbons (Fsp3) is 0.500. The SMILES string of the molecule is CCn1nc(C)c(Cl)c1CNC(C)c1ccc(C)s1. The van der Waals surface area contributed by atoms with Crippen molar-refractivity contribution in [3.05, 3.63) is 38.3 Å². The second-order valence-corrected chi connectivity index (χ2v) is 6.41. The van der Waals surface area contributed by atoms with E-state index in [1.807, 2.05) is 22.9 Å². The van der Waals surface area contributed by atoms with Gasteiger partial charge in [0, 0.05) is 28.9 Å². The summed E-state index contributed by atoms with van der Waals surface area (Å²) < 4.78 is 1.97. The highest BCUT2D eigenvalue weighted by Crippen LogP contribution is 2.24. The zero-order valence-electron chi connectivity index (χ0n) is 11.8. The van der Waals surface area contributed by atoms with Crippen LogP contribution < -0.4 is 5.32 Å². The molecule has 1 unspecified atom stereocenters. The van der Waals surface area contributed by atoms with E-state index in [0.29, 0.717) is 6.04 Å². The third kappa shape index (κ3) is 3.19. The van der Waals surface area contributed by atoms with Crippen LogP contribution in [0.25, 0.3) is 0 Å². The van der Waals surface area contributed by atoms with Crippen molar-refractivity contribution in [2.24, 2.45) is 0 Å². The van der Waals surface area contributed by atoms with Gasteiger partial charge >= 0.3 is 0 Å². The molecular weight excluding hydrogens is 278 g/mol. The molecule has 19 heavy (non-hydrogen) atoms. The molecule has 0 spiro atoms. The smallest absolute Gasteiger partial charge is 0.0860 e. The first kappa shape index (κ1) is 14.6. The molecule has 2 aromatic heterocycles. The van der Waals surface area contributed by atoms with E-state index in [1.54, 1.807) is 0 Å². The van der Waals surface area contributed by atoms with Gasteiger partial charge in [0.15, 0.2) is 0 Å². The lowest BCUT2D eigenvalue weighted by Crippen LogP contribution is -2.19. The molecule has 0 amide bonds. The lowest BCUT2D eigenvalue weighted by Gasteiger charge is -2.13. The standard InChI is InChI=1S/C14H20ClN3S/c1-5-18-12(14(15)11(4)17-18)8-16-10(3)13-7-6-9(2)19-13/h6-7,10,16H,5,8H2,1-4H3. The van der Waals surface area contributed by atoms with Crippen LogP contribution in [0.4, 0.5) is 0 Å². The number of aryl methyl sites for hydroxylation is 3. The number of nitrogens with one attached hydrogen (secondary N) is 1. The van der Waals surface area contributed by atoms with E-state index in [4.69, 9.17) is 11.6 Å². The molecule has 1 N–H and O–H groups in total. The van der Waals surface area contributed by atoms with Gasteiger partial charge in [-0.1, -0.05) is 11.6 Å². The molecule has 3 nitrogen and oxygen atoms in total. The zero-order valence-corrected chi connectivity index (χ0v) is 13.4. The molecule has 2 aromatic rings. The highest BCUT2D eigenvalue weighted by Gasteiger charge is 2.14. The van der Waals surface area contributed by atoms with Crippen molar-refractivity contribution in [2.45, 2.75) is 46.8 Å². The van der Waals surface area contributed by atoms with Crippen LogP contribution in [0.5, 0.6) is 0 Å². The summed E-state index contributed by atoms with van der Waals surface area (Å²) in [5.74, 6) is 0. The summed E-state index contributed by atoms with van der Waals surface area (Å²) in [4.78, 5) is 2.70.